The van der Waals surface area contributed by atoms with Crippen LogP contribution in [0.5, 0.6) is 5.75 Å². The molecule has 1 unspecified atom stereocenters. The van der Waals surface area contributed by atoms with Crippen LogP contribution >= 0.6 is 0 Å². The summed E-state index contributed by atoms with van der Waals surface area (Å²) in [6.07, 6.45) is 9.64. The molecule has 0 spiro atoms. The lowest BCUT2D eigenvalue weighted by Crippen LogP contribution is -2.11. The average molecular weight is 330 g/mol. The van der Waals surface area contributed by atoms with Crippen LogP contribution in [0.1, 0.15) is 61.8 Å². The molecule has 0 aromatic heterocycles. The van der Waals surface area contributed by atoms with Crippen LogP contribution < -0.4 is 4.74 Å². The smallest absolute Gasteiger partial charge is 0.127 e. The van der Waals surface area contributed by atoms with E-state index in [4.69, 9.17) is 4.74 Å². The van der Waals surface area contributed by atoms with Gasteiger partial charge in [-0.2, -0.15) is 0 Å². The first-order valence-electron chi connectivity index (χ1n) is 9.61. The topological polar surface area (TPSA) is 9.23 Å². The van der Waals surface area contributed by atoms with Crippen molar-refractivity contribution in [2.45, 2.75) is 39.5 Å². The van der Waals surface area contributed by atoms with Gasteiger partial charge in [0.05, 0.1) is 6.61 Å². The molecule has 0 bridgehead atoms. The van der Waals surface area contributed by atoms with Crippen LogP contribution in [0.3, 0.4) is 0 Å². The number of hydrogen-bond acceptors (Lipinski definition) is 1. The Morgan fingerprint density at radius 1 is 0.880 bits per heavy atom. The molecule has 25 heavy (non-hydrogen) atoms. The summed E-state index contributed by atoms with van der Waals surface area (Å²) in [6.45, 7) is 5.35. The molecule has 1 nitrogen and oxygen atoms in total. The van der Waals surface area contributed by atoms with Crippen molar-refractivity contribution in [1.82, 2.24) is 0 Å². The summed E-state index contributed by atoms with van der Waals surface area (Å²) in [6, 6.07) is 15.1. The predicted octanol–water partition coefficient (Wildman–Crippen LogP) is 6.69. The van der Waals surface area contributed by atoms with Gasteiger partial charge in [-0.25, -0.2) is 0 Å². The molecule has 0 saturated carbocycles. The summed E-state index contributed by atoms with van der Waals surface area (Å²) in [5, 5.41) is 0. The van der Waals surface area contributed by atoms with Crippen molar-refractivity contribution in [1.29, 1.82) is 0 Å². The van der Waals surface area contributed by atoms with E-state index < -0.39 is 0 Å². The number of benzene rings is 2. The molecule has 128 valence electrons. The molecule has 1 atom stereocenters. The van der Waals surface area contributed by atoms with Crippen molar-refractivity contribution in [3.05, 3.63) is 64.7 Å². The van der Waals surface area contributed by atoms with Gasteiger partial charge in [-0.15, -0.1) is 0 Å². The van der Waals surface area contributed by atoms with Crippen LogP contribution in [0.25, 0.3) is 23.3 Å². The molecular weight excluding hydrogens is 304 g/mol. The third-order valence-electron chi connectivity index (χ3n) is 5.50. The Kier molecular flexibility index (Phi) is 4.48. The van der Waals surface area contributed by atoms with Gasteiger partial charge in [0.25, 0.3) is 0 Å². The number of rotatable bonds is 7. The van der Waals surface area contributed by atoms with E-state index >= 15 is 0 Å². The van der Waals surface area contributed by atoms with E-state index in [1.807, 2.05) is 0 Å². The van der Waals surface area contributed by atoms with E-state index in [0.29, 0.717) is 5.92 Å². The normalized spacial score (nSPS) is 15.1. The first kappa shape index (κ1) is 16.2. The minimum Gasteiger partial charge on any atom is -0.493 e. The van der Waals surface area contributed by atoms with Crippen molar-refractivity contribution in [2.24, 2.45) is 5.92 Å². The molecule has 2 aliphatic carbocycles. The van der Waals surface area contributed by atoms with Gasteiger partial charge in [-0.3, -0.25) is 0 Å². The standard InChI is InChI=1S/C24H26O/c1-3-5-9-17(4-2)16-25-24-13-8-12-20-21-14-18-10-6-7-11-19(18)22(21)15-23(20)24/h6-8,10-15,17H,3-5,9,16H2,1-2H3. The molecule has 0 fully saturated rings. The van der Waals surface area contributed by atoms with Crippen molar-refractivity contribution < 1.29 is 4.74 Å². The molecule has 0 amide bonds. The van der Waals surface area contributed by atoms with Crippen LogP contribution in [0.2, 0.25) is 0 Å². The Balaban J connectivity index is 1.58. The maximum absolute atomic E-state index is 6.28. The fourth-order valence-corrected chi connectivity index (χ4v) is 3.93. The van der Waals surface area contributed by atoms with E-state index in [1.165, 1.54) is 59.1 Å². The maximum atomic E-state index is 6.28. The van der Waals surface area contributed by atoms with Gasteiger partial charge < -0.3 is 4.74 Å². The van der Waals surface area contributed by atoms with Gasteiger partial charge in [0, 0.05) is 5.56 Å². The van der Waals surface area contributed by atoms with Gasteiger partial charge >= 0.3 is 0 Å². The fraction of sp³-hybridized carbons (Fsp3) is 0.333. The Morgan fingerprint density at radius 2 is 1.68 bits per heavy atom. The van der Waals surface area contributed by atoms with Gasteiger partial charge in [0.15, 0.2) is 0 Å². The zero-order valence-electron chi connectivity index (χ0n) is 15.2. The largest absolute Gasteiger partial charge is 0.493 e. The highest BCUT2D eigenvalue weighted by Gasteiger charge is 2.28. The quantitative estimate of drug-likeness (QED) is 0.549. The summed E-state index contributed by atoms with van der Waals surface area (Å²) < 4.78 is 6.28. The Bertz CT molecular complexity index is 841. The Labute approximate surface area is 151 Å². The lowest BCUT2D eigenvalue weighted by molar-refractivity contribution is 0.233. The second-order valence-corrected chi connectivity index (χ2v) is 7.15. The first-order valence-corrected chi connectivity index (χ1v) is 9.61. The van der Waals surface area contributed by atoms with Gasteiger partial charge in [-0.05, 0) is 58.4 Å². The molecule has 0 N–H and O–H groups in total. The molecular formula is C24H26O. The molecule has 4 rings (SSSR count). The number of hydrogen-bond donors (Lipinski definition) is 0. The summed E-state index contributed by atoms with van der Waals surface area (Å²) in [7, 11) is 0. The van der Waals surface area contributed by atoms with Gasteiger partial charge in [-0.1, -0.05) is 69.5 Å². The number of unbranched alkanes of at least 4 members (excludes halogenated alkanes) is 1. The van der Waals surface area contributed by atoms with Gasteiger partial charge in [0.1, 0.15) is 5.75 Å². The third-order valence-corrected chi connectivity index (χ3v) is 5.50. The van der Waals surface area contributed by atoms with E-state index in [0.717, 1.165) is 12.4 Å². The zero-order chi connectivity index (χ0) is 17.2. The van der Waals surface area contributed by atoms with Crippen LogP contribution in [-0.4, -0.2) is 6.61 Å². The molecule has 0 saturated heterocycles. The van der Waals surface area contributed by atoms with Crippen molar-refractivity contribution in [2.75, 3.05) is 6.61 Å². The highest BCUT2D eigenvalue weighted by Crippen LogP contribution is 2.50. The molecule has 2 aliphatic rings. The highest BCUT2D eigenvalue weighted by molar-refractivity contribution is 6.26. The first-order chi connectivity index (χ1) is 12.3. The molecule has 2 aromatic carbocycles. The van der Waals surface area contributed by atoms with E-state index in [1.54, 1.807) is 0 Å². The average Bonchev–Trinajstić information content (AvgIpc) is 3.18. The molecule has 0 radical (unpaired) electrons. The zero-order valence-corrected chi connectivity index (χ0v) is 15.2. The Morgan fingerprint density at radius 3 is 2.52 bits per heavy atom. The lowest BCUT2D eigenvalue weighted by Gasteiger charge is -2.17. The second kappa shape index (κ2) is 6.92. The van der Waals surface area contributed by atoms with E-state index in [-0.39, 0.29) is 0 Å². The highest BCUT2D eigenvalue weighted by atomic mass is 16.5. The van der Waals surface area contributed by atoms with Gasteiger partial charge in [0.2, 0.25) is 0 Å². The van der Waals surface area contributed by atoms with E-state index in [2.05, 4.69) is 68.5 Å². The number of allylic oxidation sites excluding steroid dienone is 2. The summed E-state index contributed by atoms with van der Waals surface area (Å²) in [5.74, 6) is 1.69. The van der Waals surface area contributed by atoms with Crippen LogP contribution in [0, 0.1) is 5.92 Å². The third kappa shape index (κ3) is 2.93. The Hall–Kier alpha value is -2.28. The van der Waals surface area contributed by atoms with Crippen molar-refractivity contribution in [3.8, 4) is 5.75 Å². The SMILES string of the molecule is CCCCC(CC)COc1cccc2c1C=C1C2=Cc2ccccc21. The maximum Gasteiger partial charge on any atom is 0.127 e. The molecule has 0 aliphatic heterocycles. The number of fused-ring (bicyclic) bond motifs is 5. The lowest BCUT2D eigenvalue weighted by atomic mass is 10.0. The number of ether oxygens (including phenoxy) is 1. The summed E-state index contributed by atoms with van der Waals surface area (Å²) in [4.78, 5) is 0. The summed E-state index contributed by atoms with van der Waals surface area (Å²) >= 11 is 0. The minimum absolute atomic E-state index is 0.657. The van der Waals surface area contributed by atoms with Crippen LogP contribution in [0.15, 0.2) is 42.5 Å². The van der Waals surface area contributed by atoms with Crippen LogP contribution in [-0.2, 0) is 0 Å². The monoisotopic (exact) mass is 330 g/mol. The fourth-order valence-electron chi connectivity index (χ4n) is 3.93. The molecule has 0 heterocycles. The molecule has 1 heteroatoms. The van der Waals surface area contributed by atoms with Crippen molar-refractivity contribution in [3.63, 3.8) is 0 Å². The second-order valence-electron chi connectivity index (χ2n) is 7.15. The van der Waals surface area contributed by atoms with Crippen molar-refractivity contribution >= 4 is 23.3 Å². The summed E-state index contributed by atoms with van der Waals surface area (Å²) in [5.41, 5.74) is 7.92. The molecule has 2 aromatic rings. The minimum atomic E-state index is 0.657. The predicted molar refractivity (Wildman–Crippen MR) is 107 cm³/mol. The van der Waals surface area contributed by atoms with E-state index in [9.17, 15) is 0 Å². The van der Waals surface area contributed by atoms with Crippen LogP contribution in [0.4, 0.5) is 0 Å².